The highest BCUT2D eigenvalue weighted by atomic mass is 16.5. The average Bonchev–Trinajstić information content (AvgIpc) is 2.14. The van der Waals surface area contributed by atoms with Crippen LogP contribution in [-0.4, -0.2) is 24.8 Å². The highest BCUT2D eigenvalue weighted by molar-refractivity contribution is 5.85. The molecule has 1 N–H and O–H groups in total. The summed E-state index contributed by atoms with van der Waals surface area (Å²) < 4.78 is 4.86. The molecule has 3 nitrogen and oxygen atoms in total. The van der Waals surface area contributed by atoms with Crippen LogP contribution < -0.4 is 0 Å². The fourth-order valence-corrected chi connectivity index (χ4v) is 0.913. The van der Waals surface area contributed by atoms with Gasteiger partial charge in [-0.3, -0.25) is 0 Å². The van der Waals surface area contributed by atoms with E-state index in [1.54, 1.807) is 20.1 Å². The second kappa shape index (κ2) is 7.33. The van der Waals surface area contributed by atoms with E-state index in [9.17, 15) is 4.79 Å². The Labute approximate surface area is 85.1 Å². The third-order valence-electron chi connectivity index (χ3n) is 1.86. The highest BCUT2D eigenvalue weighted by Gasteiger charge is 2.00. The molecule has 0 amide bonds. The van der Waals surface area contributed by atoms with E-state index in [1.165, 1.54) is 0 Å². The van der Waals surface area contributed by atoms with E-state index in [-0.39, 0.29) is 0 Å². The Bertz CT molecular complexity index is 229. The SMILES string of the molecule is COCC=CC(C)CC=C(C)C(=O)O. The smallest absolute Gasteiger partial charge is 0.330 e. The number of carboxylic acid groups (broad SMARTS) is 1. The molecular weight excluding hydrogens is 180 g/mol. The van der Waals surface area contributed by atoms with E-state index >= 15 is 0 Å². The summed E-state index contributed by atoms with van der Waals surface area (Å²) in [7, 11) is 1.64. The summed E-state index contributed by atoms with van der Waals surface area (Å²) in [6.07, 6.45) is 6.45. The fourth-order valence-electron chi connectivity index (χ4n) is 0.913. The van der Waals surface area contributed by atoms with Crippen molar-refractivity contribution in [2.45, 2.75) is 20.3 Å². The second-order valence-corrected chi connectivity index (χ2v) is 3.29. The zero-order valence-electron chi connectivity index (χ0n) is 8.99. The predicted octanol–water partition coefficient (Wildman–Crippen LogP) is 2.25. The minimum Gasteiger partial charge on any atom is -0.478 e. The number of rotatable bonds is 6. The van der Waals surface area contributed by atoms with E-state index in [4.69, 9.17) is 9.84 Å². The summed E-state index contributed by atoms with van der Waals surface area (Å²) in [6.45, 7) is 4.25. The Balaban J connectivity index is 3.89. The molecule has 0 rings (SSSR count). The van der Waals surface area contributed by atoms with Crippen molar-refractivity contribution in [2.24, 2.45) is 5.92 Å². The number of carbonyl (C=O) groups is 1. The van der Waals surface area contributed by atoms with E-state index in [0.29, 0.717) is 18.1 Å². The number of aliphatic carboxylic acids is 1. The lowest BCUT2D eigenvalue weighted by molar-refractivity contribution is -0.132. The molecule has 14 heavy (non-hydrogen) atoms. The maximum absolute atomic E-state index is 10.5. The monoisotopic (exact) mass is 198 g/mol. The van der Waals surface area contributed by atoms with Gasteiger partial charge in [-0.15, -0.1) is 0 Å². The normalized spacial score (nSPS) is 14.6. The van der Waals surface area contributed by atoms with Gasteiger partial charge < -0.3 is 9.84 Å². The number of hydrogen-bond acceptors (Lipinski definition) is 2. The summed E-state index contributed by atoms with van der Waals surface area (Å²) in [6, 6.07) is 0. The first-order valence-corrected chi connectivity index (χ1v) is 4.63. The van der Waals surface area contributed by atoms with Crippen LogP contribution in [0.25, 0.3) is 0 Å². The molecule has 0 aliphatic heterocycles. The van der Waals surface area contributed by atoms with E-state index in [0.717, 1.165) is 6.42 Å². The van der Waals surface area contributed by atoms with Crippen LogP contribution in [0.3, 0.4) is 0 Å². The molecule has 0 aliphatic rings. The molecule has 0 fully saturated rings. The summed E-state index contributed by atoms with van der Waals surface area (Å²) in [5, 5.41) is 8.60. The standard InChI is InChI=1S/C11H18O3/c1-9(5-4-8-14-3)6-7-10(2)11(12)13/h4-5,7,9H,6,8H2,1-3H3,(H,12,13). The number of allylic oxidation sites excluding steroid dienone is 2. The zero-order valence-corrected chi connectivity index (χ0v) is 8.99. The van der Waals surface area contributed by atoms with Crippen LogP contribution in [0.4, 0.5) is 0 Å². The van der Waals surface area contributed by atoms with Gasteiger partial charge in [0.1, 0.15) is 0 Å². The van der Waals surface area contributed by atoms with Gasteiger partial charge in [-0.25, -0.2) is 4.79 Å². The molecule has 3 heteroatoms. The lowest BCUT2D eigenvalue weighted by atomic mass is 10.1. The quantitative estimate of drug-likeness (QED) is 0.526. The fraction of sp³-hybridized carbons (Fsp3) is 0.545. The van der Waals surface area contributed by atoms with Crippen LogP contribution in [0.5, 0.6) is 0 Å². The third kappa shape index (κ3) is 6.43. The van der Waals surface area contributed by atoms with Crippen LogP contribution in [-0.2, 0) is 9.53 Å². The van der Waals surface area contributed by atoms with Crippen LogP contribution in [0.2, 0.25) is 0 Å². The van der Waals surface area contributed by atoms with Crippen molar-refractivity contribution in [3.05, 3.63) is 23.8 Å². The molecule has 0 radical (unpaired) electrons. The summed E-state index contributed by atoms with van der Waals surface area (Å²) >= 11 is 0. The Hall–Kier alpha value is -1.09. The van der Waals surface area contributed by atoms with Crippen LogP contribution >= 0.6 is 0 Å². The molecule has 0 bridgehead atoms. The Kier molecular flexibility index (Phi) is 6.76. The average molecular weight is 198 g/mol. The zero-order chi connectivity index (χ0) is 11.0. The van der Waals surface area contributed by atoms with Crippen molar-refractivity contribution in [3.8, 4) is 0 Å². The summed E-state index contributed by atoms with van der Waals surface area (Å²) in [5.74, 6) is -0.502. The molecule has 0 saturated carbocycles. The Morgan fingerprint density at radius 2 is 2.21 bits per heavy atom. The first-order valence-electron chi connectivity index (χ1n) is 4.63. The number of carboxylic acids is 1. The first-order chi connectivity index (χ1) is 6.57. The molecule has 0 aromatic rings. The maximum Gasteiger partial charge on any atom is 0.330 e. The van der Waals surface area contributed by atoms with Crippen LogP contribution in [0.1, 0.15) is 20.3 Å². The summed E-state index contributed by atoms with van der Waals surface area (Å²) in [4.78, 5) is 10.5. The highest BCUT2D eigenvalue weighted by Crippen LogP contribution is 2.07. The molecular formula is C11H18O3. The van der Waals surface area contributed by atoms with Gasteiger partial charge in [0.15, 0.2) is 0 Å². The molecule has 1 unspecified atom stereocenters. The van der Waals surface area contributed by atoms with Crippen molar-refractivity contribution >= 4 is 5.97 Å². The molecule has 0 spiro atoms. The van der Waals surface area contributed by atoms with Crippen molar-refractivity contribution < 1.29 is 14.6 Å². The lowest BCUT2D eigenvalue weighted by Gasteiger charge is -2.01. The van der Waals surface area contributed by atoms with Gasteiger partial charge in [0.2, 0.25) is 0 Å². The van der Waals surface area contributed by atoms with Crippen molar-refractivity contribution in [1.82, 2.24) is 0 Å². The number of methoxy groups -OCH3 is 1. The third-order valence-corrected chi connectivity index (χ3v) is 1.86. The van der Waals surface area contributed by atoms with Crippen LogP contribution in [0, 0.1) is 5.92 Å². The van der Waals surface area contributed by atoms with Crippen LogP contribution in [0.15, 0.2) is 23.8 Å². The lowest BCUT2D eigenvalue weighted by Crippen LogP contribution is -1.97. The van der Waals surface area contributed by atoms with E-state index in [1.807, 2.05) is 19.1 Å². The molecule has 0 heterocycles. The van der Waals surface area contributed by atoms with Crippen molar-refractivity contribution in [2.75, 3.05) is 13.7 Å². The largest absolute Gasteiger partial charge is 0.478 e. The minimum absolute atomic E-state index is 0.347. The Morgan fingerprint density at radius 1 is 1.57 bits per heavy atom. The molecule has 80 valence electrons. The van der Waals surface area contributed by atoms with Gasteiger partial charge in [0, 0.05) is 12.7 Å². The second-order valence-electron chi connectivity index (χ2n) is 3.29. The maximum atomic E-state index is 10.5. The van der Waals surface area contributed by atoms with Crippen molar-refractivity contribution in [1.29, 1.82) is 0 Å². The van der Waals surface area contributed by atoms with Gasteiger partial charge in [-0.05, 0) is 19.3 Å². The van der Waals surface area contributed by atoms with Gasteiger partial charge >= 0.3 is 5.97 Å². The van der Waals surface area contributed by atoms with E-state index in [2.05, 4.69) is 0 Å². The topological polar surface area (TPSA) is 46.5 Å². The summed E-state index contributed by atoms with van der Waals surface area (Å²) in [5.41, 5.74) is 0.400. The molecule has 0 aromatic carbocycles. The van der Waals surface area contributed by atoms with Gasteiger partial charge in [-0.2, -0.15) is 0 Å². The number of hydrogen-bond donors (Lipinski definition) is 1. The van der Waals surface area contributed by atoms with Gasteiger partial charge in [0.25, 0.3) is 0 Å². The molecule has 0 saturated heterocycles. The molecule has 0 aromatic heterocycles. The molecule has 1 atom stereocenters. The molecule has 0 aliphatic carbocycles. The minimum atomic E-state index is -0.849. The Morgan fingerprint density at radius 3 is 2.71 bits per heavy atom. The van der Waals surface area contributed by atoms with Gasteiger partial charge in [-0.1, -0.05) is 25.2 Å². The van der Waals surface area contributed by atoms with Gasteiger partial charge in [0.05, 0.1) is 6.61 Å². The first kappa shape index (κ1) is 12.9. The van der Waals surface area contributed by atoms with E-state index < -0.39 is 5.97 Å². The predicted molar refractivity (Wildman–Crippen MR) is 56.2 cm³/mol. The van der Waals surface area contributed by atoms with Crippen molar-refractivity contribution in [3.63, 3.8) is 0 Å². The number of ether oxygens (including phenoxy) is 1.